The van der Waals surface area contributed by atoms with Crippen molar-refractivity contribution < 1.29 is 54.1 Å². The first-order valence-corrected chi connectivity index (χ1v) is 14.8. The van der Waals surface area contributed by atoms with Crippen LogP contribution in [0.1, 0.15) is 51.1 Å². The molecular weight excluding hydrogens is 562 g/mol. The second kappa shape index (κ2) is 12.2. The first kappa shape index (κ1) is 31.4. The number of nitrogens with one attached hydrogen (secondary N) is 1. The predicted octanol–water partition coefficient (Wildman–Crippen LogP) is -0.238. The van der Waals surface area contributed by atoms with Crippen LogP contribution in [-0.2, 0) is 35.0 Å². The van der Waals surface area contributed by atoms with Crippen LogP contribution in [0.25, 0.3) is 11.3 Å². The van der Waals surface area contributed by atoms with Crippen LogP contribution < -0.4 is 10.6 Å². The lowest BCUT2D eigenvalue weighted by Gasteiger charge is -2.60. The largest absolute Gasteiger partial charge is 0.481 e. The van der Waals surface area contributed by atoms with Gasteiger partial charge in [0.1, 0.15) is 23.6 Å². The number of fused-ring (bicyclic) bond motifs is 2. The Kier molecular flexibility index (Phi) is 8.90. The van der Waals surface area contributed by atoms with Crippen LogP contribution in [0.3, 0.4) is 0 Å². The molecule has 1 aromatic rings. The van der Waals surface area contributed by atoms with Gasteiger partial charge >= 0.3 is 11.9 Å². The molecule has 2 bridgehead atoms. The molecule has 2 fully saturated rings. The van der Waals surface area contributed by atoms with Gasteiger partial charge in [0.05, 0.1) is 31.6 Å². The number of esters is 1. The van der Waals surface area contributed by atoms with Crippen LogP contribution in [0.5, 0.6) is 0 Å². The van der Waals surface area contributed by atoms with Crippen LogP contribution in [0.2, 0.25) is 0 Å². The van der Waals surface area contributed by atoms with Crippen LogP contribution >= 0.6 is 0 Å². The van der Waals surface area contributed by atoms with Gasteiger partial charge in [0, 0.05) is 41.3 Å². The molecule has 0 amide bonds. The van der Waals surface area contributed by atoms with Crippen molar-refractivity contribution in [1.29, 1.82) is 0 Å². The number of aliphatic hydroxyl groups excluding tert-OH is 3. The lowest BCUT2D eigenvalue weighted by Crippen LogP contribution is -2.78. The quantitative estimate of drug-likeness (QED) is 0.145. The molecule has 1 aromatic heterocycles. The standard InChI is InChI=1S/C31H41NO11/c1-4-16-13-20-21-10-11-30(39)28(38)31(21,43-23(7-6-12-33)26(20)32-16)24(15-34)42-29(30)41-22-9-8-18(27(37)40-3)19(14-25(35)36)17(22)5-2/h5,8,13,17,19,22,24,28-29,32-34,38-39H,2,4,6-7,9-12,14-15H2,1,3H3,(H,35,36)/t17-,19+,22-,24-,28-,29-,30-,31-/m1/s1. The molecule has 3 heterocycles. The van der Waals surface area contributed by atoms with Gasteiger partial charge in [-0.15, -0.1) is 6.58 Å². The van der Waals surface area contributed by atoms with Crippen molar-refractivity contribution in [3.63, 3.8) is 0 Å². The zero-order chi connectivity index (χ0) is 31.1. The summed E-state index contributed by atoms with van der Waals surface area (Å²) in [5.41, 5.74) is -1.71. The Morgan fingerprint density at radius 3 is 2.70 bits per heavy atom. The fraction of sp³-hybridized carbons (Fsp3) is 0.613. The van der Waals surface area contributed by atoms with Crippen molar-refractivity contribution in [3.05, 3.63) is 46.6 Å². The average molecular weight is 604 g/mol. The number of aromatic amines is 1. The van der Waals surface area contributed by atoms with E-state index in [-0.39, 0.29) is 31.4 Å². The van der Waals surface area contributed by atoms with E-state index in [4.69, 9.17) is 18.9 Å². The number of carbonyl (C=O) groups is 2. The van der Waals surface area contributed by atoms with E-state index in [0.29, 0.717) is 30.6 Å². The van der Waals surface area contributed by atoms with E-state index in [2.05, 4.69) is 11.6 Å². The summed E-state index contributed by atoms with van der Waals surface area (Å²) >= 11 is 0. The van der Waals surface area contributed by atoms with Crippen molar-refractivity contribution >= 4 is 23.3 Å². The summed E-state index contributed by atoms with van der Waals surface area (Å²) in [4.78, 5) is 27.6. The number of methoxy groups -OCH3 is 1. The highest BCUT2D eigenvalue weighted by molar-refractivity contribution is 5.90. The summed E-state index contributed by atoms with van der Waals surface area (Å²) in [7, 11) is 1.22. The molecule has 8 atom stereocenters. The molecule has 5 rings (SSSR count). The van der Waals surface area contributed by atoms with Crippen molar-refractivity contribution in [3.8, 4) is 0 Å². The number of aliphatic carboxylic acids is 1. The molecule has 2 aliphatic heterocycles. The molecule has 4 aliphatic rings. The van der Waals surface area contributed by atoms with Crippen LogP contribution in [0.15, 0.2) is 30.4 Å². The van der Waals surface area contributed by atoms with Crippen LogP contribution in [-0.4, -0.2) is 98.6 Å². The van der Waals surface area contributed by atoms with E-state index in [9.17, 15) is 35.1 Å². The summed E-state index contributed by atoms with van der Waals surface area (Å²) in [5.74, 6) is -2.73. The van der Waals surface area contributed by atoms with E-state index in [1.54, 1.807) is 6.08 Å². The van der Waals surface area contributed by atoms with Gasteiger partial charge in [0.25, 0.3) is 0 Å². The maximum Gasteiger partial charge on any atom is 0.333 e. The number of aromatic nitrogens is 1. The highest BCUT2D eigenvalue weighted by Gasteiger charge is 2.70. The van der Waals surface area contributed by atoms with E-state index < -0.39 is 66.2 Å². The molecule has 6 N–H and O–H groups in total. The molecule has 12 nitrogen and oxygen atoms in total. The Morgan fingerprint density at radius 1 is 1.30 bits per heavy atom. The molecular formula is C31H41NO11. The van der Waals surface area contributed by atoms with Gasteiger partial charge in [-0.3, -0.25) is 4.79 Å². The first-order chi connectivity index (χ1) is 20.6. The summed E-state index contributed by atoms with van der Waals surface area (Å²) < 4.78 is 24.1. The predicted molar refractivity (Wildman–Crippen MR) is 151 cm³/mol. The third-order valence-corrected chi connectivity index (χ3v) is 9.43. The number of hydrogen-bond acceptors (Lipinski definition) is 10. The number of aryl methyl sites for hydroxylation is 1. The lowest BCUT2D eigenvalue weighted by molar-refractivity contribution is -0.372. The minimum Gasteiger partial charge on any atom is -0.481 e. The zero-order valence-corrected chi connectivity index (χ0v) is 24.5. The minimum absolute atomic E-state index is 0.0583. The molecule has 1 spiro atoms. The van der Waals surface area contributed by atoms with Crippen molar-refractivity contribution in [2.75, 3.05) is 20.3 Å². The third-order valence-electron chi connectivity index (χ3n) is 9.43. The molecule has 1 saturated heterocycles. The normalized spacial score (nSPS) is 34.9. The first-order valence-electron chi connectivity index (χ1n) is 14.8. The molecule has 2 aliphatic carbocycles. The fourth-order valence-corrected chi connectivity index (χ4v) is 7.29. The number of carboxylic acids is 1. The molecule has 12 heteroatoms. The van der Waals surface area contributed by atoms with E-state index >= 15 is 0 Å². The number of rotatable bonds is 11. The zero-order valence-electron chi connectivity index (χ0n) is 24.5. The number of H-pyrrole nitrogens is 1. The Morgan fingerprint density at radius 2 is 2.07 bits per heavy atom. The van der Waals surface area contributed by atoms with E-state index in [1.807, 2.05) is 13.0 Å². The Balaban J connectivity index is 1.53. The van der Waals surface area contributed by atoms with Gasteiger partial charge in [-0.2, -0.15) is 0 Å². The van der Waals surface area contributed by atoms with Gasteiger partial charge in [-0.05, 0) is 43.7 Å². The minimum atomic E-state index is -1.96. The molecule has 0 unspecified atom stereocenters. The third kappa shape index (κ3) is 5.03. The number of ether oxygens (including phenoxy) is 4. The van der Waals surface area contributed by atoms with Gasteiger partial charge in [0.15, 0.2) is 11.9 Å². The highest BCUT2D eigenvalue weighted by atomic mass is 16.7. The summed E-state index contributed by atoms with van der Waals surface area (Å²) in [5, 5.41) is 55.4. The molecule has 43 heavy (non-hydrogen) atoms. The SMILES string of the molecule is C=C[C@@H]1[C@H](CC(=O)O)C(C(=O)OC)=CC[C@H]1O[C@@H]1O[C@H](CO)[C@]23OC(CCCO)=c4[nH]c(CC)cc4=C2CC[C@@]1(O)[C@H]3O. The maximum atomic E-state index is 12.5. The number of aliphatic hydroxyl groups is 4. The molecule has 0 aromatic carbocycles. The van der Waals surface area contributed by atoms with E-state index in [0.717, 1.165) is 22.7 Å². The Hall–Kier alpha value is -3.00. The monoisotopic (exact) mass is 603 g/mol. The van der Waals surface area contributed by atoms with Crippen molar-refractivity contribution in [1.82, 2.24) is 4.98 Å². The van der Waals surface area contributed by atoms with E-state index in [1.165, 1.54) is 13.2 Å². The Labute approximate surface area is 248 Å². The second-order valence-electron chi connectivity index (χ2n) is 11.7. The summed E-state index contributed by atoms with van der Waals surface area (Å²) in [6.07, 6.45) is -0.163. The number of carboxylic acid groups (broad SMARTS) is 1. The maximum absolute atomic E-state index is 12.5. The highest BCUT2D eigenvalue weighted by Crippen LogP contribution is 2.53. The van der Waals surface area contributed by atoms with Gasteiger partial charge in [-0.25, -0.2) is 4.79 Å². The van der Waals surface area contributed by atoms with Gasteiger partial charge in [-0.1, -0.05) is 19.1 Å². The van der Waals surface area contributed by atoms with Crippen molar-refractivity contribution in [2.24, 2.45) is 11.8 Å². The van der Waals surface area contributed by atoms with Gasteiger partial charge < -0.3 is 49.5 Å². The fourth-order valence-electron chi connectivity index (χ4n) is 7.29. The molecule has 236 valence electrons. The Bertz CT molecular complexity index is 1410. The molecule has 1 saturated carbocycles. The van der Waals surface area contributed by atoms with Crippen LogP contribution in [0.4, 0.5) is 0 Å². The topological polar surface area (TPSA) is 188 Å². The number of carbonyl (C=O) groups excluding carboxylic acids is 1. The van der Waals surface area contributed by atoms with Crippen LogP contribution in [0, 0.1) is 11.8 Å². The van der Waals surface area contributed by atoms with Gasteiger partial charge in [0.2, 0.25) is 0 Å². The second-order valence-corrected chi connectivity index (χ2v) is 11.7. The van der Waals surface area contributed by atoms with Crippen molar-refractivity contribution in [2.45, 2.75) is 87.7 Å². The smallest absolute Gasteiger partial charge is 0.333 e. The summed E-state index contributed by atoms with van der Waals surface area (Å²) in [6.45, 7) is 5.23. The lowest BCUT2D eigenvalue weighted by atomic mass is 9.63. The summed E-state index contributed by atoms with van der Waals surface area (Å²) in [6, 6.07) is 1.99. The molecule has 0 radical (unpaired) electrons. The number of hydrogen-bond donors (Lipinski definition) is 6. The average Bonchev–Trinajstić information content (AvgIpc) is 3.43.